The van der Waals surface area contributed by atoms with Gasteiger partial charge in [-0.25, -0.2) is 4.79 Å². The highest BCUT2D eigenvalue weighted by Gasteiger charge is 2.44. The van der Waals surface area contributed by atoms with E-state index in [4.69, 9.17) is 10.6 Å². The predicted molar refractivity (Wildman–Crippen MR) is 56.4 cm³/mol. The third kappa shape index (κ3) is 1.62. The first-order valence-corrected chi connectivity index (χ1v) is 5.60. The normalized spacial score (nSPS) is 23.4. The van der Waals surface area contributed by atoms with E-state index in [9.17, 15) is 9.59 Å². The van der Waals surface area contributed by atoms with Gasteiger partial charge in [0.05, 0.1) is 18.3 Å². The summed E-state index contributed by atoms with van der Waals surface area (Å²) in [6, 6.07) is 0. The van der Waals surface area contributed by atoms with E-state index in [1.807, 2.05) is 0 Å². The predicted octanol–water partition coefficient (Wildman–Crippen LogP) is 0.941. The number of rotatable bonds is 3. The molecule has 8 heteroatoms. The molecular weight excluding hydrogens is 232 g/mol. The summed E-state index contributed by atoms with van der Waals surface area (Å²) < 4.78 is 0. The van der Waals surface area contributed by atoms with E-state index in [2.05, 4.69) is 10.0 Å². The Hall–Kier alpha value is -1.66. The van der Waals surface area contributed by atoms with Gasteiger partial charge < -0.3 is 5.11 Å². The van der Waals surface area contributed by atoms with Crippen molar-refractivity contribution in [3.05, 3.63) is 21.7 Å². The first kappa shape index (κ1) is 10.8. The van der Waals surface area contributed by atoms with Crippen LogP contribution in [0.5, 0.6) is 0 Å². The number of carboxylic acid groups (broad SMARTS) is 1. The lowest BCUT2D eigenvalue weighted by Gasteiger charge is -2.43. The monoisotopic (exact) mass is 240 g/mol. The molecule has 7 nitrogen and oxygen atoms in total. The molecule has 1 fully saturated rings. The molecule has 2 aliphatic heterocycles. The zero-order chi connectivity index (χ0) is 11.7. The van der Waals surface area contributed by atoms with Gasteiger partial charge in [-0.2, -0.15) is 0 Å². The molecule has 0 aromatic carbocycles. The van der Waals surface area contributed by atoms with Crippen molar-refractivity contribution >= 4 is 23.6 Å². The van der Waals surface area contributed by atoms with E-state index < -0.39 is 5.97 Å². The maximum absolute atomic E-state index is 11.3. The van der Waals surface area contributed by atoms with Gasteiger partial charge in [0.25, 0.3) is 0 Å². The second-order valence-corrected chi connectivity index (χ2v) is 4.55. The summed E-state index contributed by atoms with van der Waals surface area (Å²) in [5.74, 6) is -0.829. The number of nitrogens with zero attached hydrogens (tertiary/aromatic N) is 4. The quantitative estimate of drug-likeness (QED) is 0.343. The largest absolute Gasteiger partial charge is 0.477 e. The van der Waals surface area contributed by atoms with Crippen LogP contribution in [0.1, 0.15) is 6.42 Å². The van der Waals surface area contributed by atoms with Crippen LogP contribution in [0.2, 0.25) is 0 Å². The SMILES string of the molecule is [N-]=[N+]=NCC1=C(C(=O)O)N2C(=O)C[C@H]2SC1. The molecule has 0 bridgehead atoms. The summed E-state index contributed by atoms with van der Waals surface area (Å²) >= 11 is 1.50. The molecule has 1 atom stereocenters. The maximum atomic E-state index is 11.3. The van der Waals surface area contributed by atoms with Crippen LogP contribution in [0, 0.1) is 0 Å². The number of hydrogen-bond acceptors (Lipinski definition) is 4. The van der Waals surface area contributed by atoms with Crippen molar-refractivity contribution < 1.29 is 14.7 Å². The Labute approximate surface area is 94.7 Å². The molecule has 0 aromatic rings. The van der Waals surface area contributed by atoms with Crippen molar-refractivity contribution in [2.24, 2.45) is 5.11 Å². The van der Waals surface area contributed by atoms with Gasteiger partial charge in [0.2, 0.25) is 5.91 Å². The second-order valence-electron chi connectivity index (χ2n) is 3.38. The number of azide groups is 1. The molecule has 0 spiro atoms. The molecule has 2 rings (SSSR count). The average molecular weight is 240 g/mol. The molecule has 0 aromatic heterocycles. The minimum absolute atomic E-state index is 0.00162. The molecule has 2 aliphatic rings. The fraction of sp³-hybridized carbons (Fsp3) is 0.500. The van der Waals surface area contributed by atoms with Crippen LogP contribution in [-0.2, 0) is 9.59 Å². The van der Waals surface area contributed by atoms with E-state index in [-0.39, 0.29) is 23.5 Å². The van der Waals surface area contributed by atoms with Crippen molar-refractivity contribution in [1.29, 1.82) is 0 Å². The molecule has 1 saturated heterocycles. The van der Waals surface area contributed by atoms with Crippen molar-refractivity contribution in [1.82, 2.24) is 4.90 Å². The second kappa shape index (κ2) is 4.07. The zero-order valence-electron chi connectivity index (χ0n) is 8.16. The van der Waals surface area contributed by atoms with Gasteiger partial charge in [0.15, 0.2) is 0 Å². The van der Waals surface area contributed by atoms with Crippen molar-refractivity contribution in [3.63, 3.8) is 0 Å². The number of carboxylic acids is 1. The summed E-state index contributed by atoms with van der Waals surface area (Å²) in [4.78, 5) is 26.2. The highest BCUT2D eigenvalue weighted by Crippen LogP contribution is 2.39. The lowest BCUT2D eigenvalue weighted by molar-refractivity contribution is -0.146. The minimum atomic E-state index is -1.14. The summed E-state index contributed by atoms with van der Waals surface area (Å²) in [7, 11) is 0. The molecule has 0 unspecified atom stereocenters. The van der Waals surface area contributed by atoms with E-state index in [0.29, 0.717) is 17.7 Å². The van der Waals surface area contributed by atoms with Crippen LogP contribution >= 0.6 is 11.8 Å². The summed E-state index contributed by atoms with van der Waals surface area (Å²) in [5, 5.41) is 12.3. The molecule has 0 radical (unpaired) electrons. The Balaban J connectivity index is 2.34. The van der Waals surface area contributed by atoms with Gasteiger partial charge in [-0.05, 0) is 11.1 Å². The zero-order valence-corrected chi connectivity index (χ0v) is 8.98. The standard InChI is InChI=1S/C8H8N4O3S/c9-11-10-2-4-3-16-6-1-5(13)12(6)7(4)8(14)15/h6H,1-3H2,(H,14,15)/t6-/m1/s1. The van der Waals surface area contributed by atoms with Crippen LogP contribution in [0.25, 0.3) is 10.4 Å². The van der Waals surface area contributed by atoms with Gasteiger partial charge in [-0.3, -0.25) is 9.69 Å². The third-order valence-electron chi connectivity index (χ3n) is 2.46. The summed E-state index contributed by atoms with van der Waals surface area (Å²) in [6.07, 6.45) is 0.385. The Morgan fingerprint density at radius 3 is 3.06 bits per heavy atom. The topological polar surface area (TPSA) is 106 Å². The first-order valence-electron chi connectivity index (χ1n) is 4.55. The molecule has 84 valence electrons. The first-order chi connectivity index (χ1) is 7.65. The Bertz CT molecular complexity index is 441. The number of carbonyl (C=O) groups is 2. The van der Waals surface area contributed by atoms with Gasteiger partial charge in [-0.1, -0.05) is 5.11 Å². The van der Waals surface area contributed by atoms with E-state index >= 15 is 0 Å². The molecular formula is C8H8N4O3S. The van der Waals surface area contributed by atoms with Crippen LogP contribution in [0.4, 0.5) is 0 Å². The Morgan fingerprint density at radius 2 is 2.50 bits per heavy atom. The van der Waals surface area contributed by atoms with Gasteiger partial charge >= 0.3 is 5.97 Å². The molecule has 0 saturated carbocycles. The number of fused-ring (bicyclic) bond motifs is 1. The third-order valence-corrected chi connectivity index (χ3v) is 3.74. The number of carbonyl (C=O) groups excluding carboxylic acids is 1. The highest BCUT2D eigenvalue weighted by molar-refractivity contribution is 8.00. The smallest absolute Gasteiger partial charge is 0.352 e. The van der Waals surface area contributed by atoms with Gasteiger partial charge in [0, 0.05) is 10.7 Å². The number of amides is 1. The number of thioether (sulfide) groups is 1. The van der Waals surface area contributed by atoms with Crippen LogP contribution in [0.15, 0.2) is 16.4 Å². The maximum Gasteiger partial charge on any atom is 0.352 e. The van der Waals surface area contributed by atoms with Crippen molar-refractivity contribution in [2.45, 2.75) is 11.8 Å². The van der Waals surface area contributed by atoms with E-state index in [1.54, 1.807) is 0 Å². The number of aliphatic carboxylic acids is 1. The van der Waals surface area contributed by atoms with Crippen LogP contribution in [-0.4, -0.2) is 39.6 Å². The number of hydrogen-bond donors (Lipinski definition) is 1. The summed E-state index contributed by atoms with van der Waals surface area (Å²) in [6.45, 7) is 0.00162. The van der Waals surface area contributed by atoms with Crippen LogP contribution < -0.4 is 0 Å². The van der Waals surface area contributed by atoms with Crippen molar-refractivity contribution in [2.75, 3.05) is 12.3 Å². The van der Waals surface area contributed by atoms with Crippen LogP contribution in [0.3, 0.4) is 0 Å². The average Bonchev–Trinajstić information content (AvgIpc) is 2.24. The minimum Gasteiger partial charge on any atom is -0.477 e. The fourth-order valence-electron chi connectivity index (χ4n) is 1.72. The number of β-lactam (4-membered cyclic amide) rings is 1. The molecule has 2 heterocycles. The van der Waals surface area contributed by atoms with Gasteiger partial charge in [-0.15, -0.1) is 11.8 Å². The highest BCUT2D eigenvalue weighted by atomic mass is 32.2. The molecule has 1 amide bonds. The lowest BCUT2D eigenvalue weighted by atomic mass is 10.1. The van der Waals surface area contributed by atoms with Gasteiger partial charge in [0.1, 0.15) is 5.70 Å². The van der Waals surface area contributed by atoms with E-state index in [0.717, 1.165) is 0 Å². The van der Waals surface area contributed by atoms with E-state index in [1.165, 1.54) is 16.7 Å². The van der Waals surface area contributed by atoms with Crippen molar-refractivity contribution in [3.8, 4) is 0 Å². The molecule has 16 heavy (non-hydrogen) atoms. The molecule has 1 N–H and O–H groups in total. The summed E-state index contributed by atoms with van der Waals surface area (Å²) in [5.41, 5.74) is 8.70. The fourth-order valence-corrected chi connectivity index (χ4v) is 2.97. The molecule has 0 aliphatic carbocycles. The lowest BCUT2D eigenvalue weighted by Crippen LogP contribution is -2.54. The Kier molecular flexibility index (Phi) is 2.76. The Morgan fingerprint density at radius 1 is 1.75 bits per heavy atom.